The molecule has 1 aliphatic carbocycles. The molecular weight excluding hydrogens is 322 g/mol. The minimum absolute atomic E-state index is 0.0446. The maximum Gasteiger partial charge on any atom is 0.0453 e. The lowest BCUT2D eigenvalue weighted by molar-refractivity contribution is 0.225. The van der Waals surface area contributed by atoms with Crippen molar-refractivity contribution in [2.75, 3.05) is 11.8 Å². The van der Waals surface area contributed by atoms with Crippen LogP contribution in [-0.4, -0.2) is 11.8 Å². The van der Waals surface area contributed by atoms with Crippen LogP contribution in [0.2, 0.25) is 10.0 Å². The maximum absolute atomic E-state index is 6.29. The van der Waals surface area contributed by atoms with E-state index in [1.165, 1.54) is 25.7 Å². The van der Waals surface area contributed by atoms with Crippen LogP contribution in [0.25, 0.3) is 0 Å². The molecule has 0 radical (unpaired) electrons. The van der Waals surface area contributed by atoms with Gasteiger partial charge in [-0.25, -0.2) is 0 Å². The summed E-state index contributed by atoms with van der Waals surface area (Å²) in [5.41, 5.74) is 1.05. The van der Waals surface area contributed by atoms with Gasteiger partial charge in [0.2, 0.25) is 0 Å². The highest BCUT2D eigenvalue weighted by molar-refractivity contribution is 6.35. The number of hydrogen-bond acceptors (Lipinski definition) is 0. The summed E-state index contributed by atoms with van der Waals surface area (Å²) in [4.78, 5) is 0. The first-order valence-corrected chi connectivity index (χ1v) is 8.49. The second-order valence-corrected chi connectivity index (χ2v) is 6.90. The fourth-order valence-corrected chi connectivity index (χ4v) is 4.46. The van der Waals surface area contributed by atoms with Crippen LogP contribution in [0.5, 0.6) is 0 Å². The molecule has 0 amide bonds. The van der Waals surface area contributed by atoms with Crippen molar-refractivity contribution < 1.29 is 0 Å². The second-order valence-electron chi connectivity index (χ2n) is 5.52. The van der Waals surface area contributed by atoms with E-state index in [9.17, 15) is 0 Å². The number of rotatable bonds is 5. The predicted molar refractivity (Wildman–Crippen MR) is 86.0 cm³/mol. The highest BCUT2D eigenvalue weighted by Crippen LogP contribution is 2.45. The Morgan fingerprint density at radius 3 is 2.21 bits per heavy atom. The summed E-state index contributed by atoms with van der Waals surface area (Å²) in [6, 6.07) is 5.67. The van der Waals surface area contributed by atoms with E-state index in [4.69, 9.17) is 46.4 Å². The first-order chi connectivity index (χ1) is 9.11. The van der Waals surface area contributed by atoms with Crippen molar-refractivity contribution in [2.45, 2.75) is 32.1 Å². The summed E-state index contributed by atoms with van der Waals surface area (Å²) >= 11 is 24.8. The third kappa shape index (κ3) is 3.53. The number of halogens is 4. The van der Waals surface area contributed by atoms with E-state index in [2.05, 4.69) is 0 Å². The van der Waals surface area contributed by atoms with Crippen LogP contribution in [0.15, 0.2) is 18.2 Å². The highest BCUT2D eigenvalue weighted by Gasteiger charge is 2.39. The Kier molecular flexibility index (Phi) is 5.72. The zero-order valence-corrected chi connectivity index (χ0v) is 13.8. The zero-order valence-electron chi connectivity index (χ0n) is 10.8. The Balaban J connectivity index is 2.24. The van der Waals surface area contributed by atoms with Gasteiger partial charge in [-0.2, -0.15) is 0 Å². The van der Waals surface area contributed by atoms with E-state index in [0.717, 1.165) is 12.0 Å². The molecule has 2 rings (SSSR count). The predicted octanol–water partition coefficient (Wildman–Crippen LogP) is 6.19. The first-order valence-electron chi connectivity index (χ1n) is 6.67. The molecule has 4 heteroatoms. The summed E-state index contributed by atoms with van der Waals surface area (Å²) in [6.45, 7) is 0. The quantitative estimate of drug-likeness (QED) is 0.561. The Labute approximate surface area is 135 Å². The van der Waals surface area contributed by atoms with Gasteiger partial charge in [0, 0.05) is 27.2 Å². The monoisotopic (exact) mass is 338 g/mol. The fourth-order valence-electron chi connectivity index (χ4n) is 3.08. The van der Waals surface area contributed by atoms with Gasteiger partial charge >= 0.3 is 0 Å². The molecule has 0 aliphatic heterocycles. The average Bonchev–Trinajstić information content (AvgIpc) is 2.93. The molecule has 1 aromatic rings. The molecule has 0 atom stereocenters. The van der Waals surface area contributed by atoms with Crippen LogP contribution in [0.3, 0.4) is 0 Å². The molecule has 0 spiro atoms. The molecular formula is C15H18Cl4. The molecule has 0 heterocycles. The van der Waals surface area contributed by atoms with E-state index in [0.29, 0.717) is 27.7 Å². The second kappa shape index (κ2) is 6.89. The summed E-state index contributed by atoms with van der Waals surface area (Å²) < 4.78 is 0. The Bertz CT molecular complexity index is 420. The lowest BCUT2D eigenvalue weighted by Crippen LogP contribution is -2.35. The smallest absolute Gasteiger partial charge is 0.0453 e. The van der Waals surface area contributed by atoms with Crippen molar-refractivity contribution in [1.29, 1.82) is 0 Å². The maximum atomic E-state index is 6.29. The van der Waals surface area contributed by atoms with Gasteiger partial charge in [0.05, 0.1) is 0 Å². The molecule has 0 saturated heterocycles. The Hall–Kier alpha value is 0.380. The summed E-state index contributed by atoms with van der Waals surface area (Å²) in [6.07, 6.45) is 5.86. The Morgan fingerprint density at radius 1 is 1.05 bits per heavy atom. The fraction of sp³-hybridized carbons (Fsp3) is 0.600. The molecule has 106 valence electrons. The van der Waals surface area contributed by atoms with Crippen molar-refractivity contribution in [3.05, 3.63) is 33.8 Å². The topological polar surface area (TPSA) is 0 Å². The average molecular weight is 340 g/mol. The first kappa shape index (κ1) is 15.8. The van der Waals surface area contributed by atoms with E-state index in [1.54, 1.807) is 6.07 Å². The standard InChI is InChI=1S/C15H18Cl4/c16-9-15(10-17,12-3-1-2-4-12)8-11-5-6-13(18)7-14(11)19/h5-7,12H,1-4,8-10H2. The molecule has 1 fully saturated rings. The molecule has 0 unspecified atom stereocenters. The van der Waals surface area contributed by atoms with Gasteiger partial charge in [-0.15, -0.1) is 23.2 Å². The van der Waals surface area contributed by atoms with E-state index < -0.39 is 0 Å². The third-order valence-corrected chi connectivity index (χ3v) is 5.96. The minimum atomic E-state index is -0.0446. The van der Waals surface area contributed by atoms with Gasteiger partial charge < -0.3 is 0 Å². The lowest BCUT2D eigenvalue weighted by atomic mass is 9.73. The SMILES string of the molecule is ClCC(CCl)(Cc1ccc(Cl)cc1Cl)C1CCCC1. The molecule has 0 N–H and O–H groups in total. The minimum Gasteiger partial charge on any atom is -0.126 e. The van der Waals surface area contributed by atoms with Crippen LogP contribution in [0, 0.1) is 11.3 Å². The van der Waals surface area contributed by atoms with Crippen molar-refractivity contribution in [3.63, 3.8) is 0 Å². The number of benzene rings is 1. The molecule has 1 aromatic carbocycles. The summed E-state index contributed by atoms with van der Waals surface area (Å²) in [5.74, 6) is 1.77. The highest BCUT2D eigenvalue weighted by atomic mass is 35.5. The van der Waals surface area contributed by atoms with Crippen LogP contribution >= 0.6 is 46.4 Å². The largest absolute Gasteiger partial charge is 0.126 e. The normalized spacial score (nSPS) is 17.1. The molecule has 0 bridgehead atoms. The van der Waals surface area contributed by atoms with Crippen LogP contribution in [0.1, 0.15) is 31.2 Å². The van der Waals surface area contributed by atoms with Gasteiger partial charge in [0.25, 0.3) is 0 Å². The van der Waals surface area contributed by atoms with Crippen molar-refractivity contribution >= 4 is 46.4 Å². The number of alkyl halides is 2. The zero-order chi connectivity index (χ0) is 13.9. The molecule has 0 nitrogen and oxygen atoms in total. The van der Waals surface area contributed by atoms with Crippen LogP contribution < -0.4 is 0 Å². The van der Waals surface area contributed by atoms with E-state index >= 15 is 0 Å². The molecule has 0 aromatic heterocycles. The number of hydrogen-bond donors (Lipinski definition) is 0. The van der Waals surface area contributed by atoms with Crippen molar-refractivity contribution in [3.8, 4) is 0 Å². The summed E-state index contributed by atoms with van der Waals surface area (Å²) in [7, 11) is 0. The van der Waals surface area contributed by atoms with Gasteiger partial charge in [0.15, 0.2) is 0 Å². The molecule has 1 saturated carbocycles. The third-order valence-electron chi connectivity index (χ3n) is 4.31. The van der Waals surface area contributed by atoms with E-state index in [-0.39, 0.29) is 5.41 Å². The van der Waals surface area contributed by atoms with Crippen molar-refractivity contribution in [1.82, 2.24) is 0 Å². The lowest BCUT2D eigenvalue weighted by Gasteiger charge is -2.36. The molecule has 1 aliphatic rings. The van der Waals surface area contributed by atoms with E-state index in [1.807, 2.05) is 12.1 Å². The van der Waals surface area contributed by atoms with Gasteiger partial charge in [0.1, 0.15) is 0 Å². The molecule has 19 heavy (non-hydrogen) atoms. The van der Waals surface area contributed by atoms with Gasteiger partial charge in [-0.3, -0.25) is 0 Å². The van der Waals surface area contributed by atoms with Crippen LogP contribution in [0.4, 0.5) is 0 Å². The summed E-state index contributed by atoms with van der Waals surface area (Å²) in [5, 5.41) is 1.38. The Morgan fingerprint density at radius 2 is 1.68 bits per heavy atom. The van der Waals surface area contributed by atoms with Crippen molar-refractivity contribution in [2.24, 2.45) is 11.3 Å². The van der Waals surface area contributed by atoms with Gasteiger partial charge in [-0.05, 0) is 42.9 Å². The van der Waals surface area contributed by atoms with Gasteiger partial charge in [-0.1, -0.05) is 42.1 Å². The van der Waals surface area contributed by atoms with Crippen LogP contribution in [-0.2, 0) is 6.42 Å².